The molecule has 0 aromatic carbocycles. The molecule has 0 aliphatic heterocycles. The maximum absolute atomic E-state index is 6.04. The Bertz CT molecular complexity index is 666. The van der Waals surface area contributed by atoms with Gasteiger partial charge in [0.25, 0.3) is 0 Å². The van der Waals surface area contributed by atoms with Crippen LogP contribution in [0.25, 0.3) is 5.52 Å². The number of fused-ring (bicyclic) bond motifs is 1. The summed E-state index contributed by atoms with van der Waals surface area (Å²) in [4.78, 5) is 4.41. The van der Waals surface area contributed by atoms with Crippen molar-refractivity contribution in [3.63, 3.8) is 0 Å². The molecule has 126 valence electrons. The van der Waals surface area contributed by atoms with Gasteiger partial charge in [-0.15, -0.1) is 5.10 Å². The first-order valence-corrected chi connectivity index (χ1v) is 8.93. The molecule has 2 aromatic rings. The van der Waals surface area contributed by atoms with E-state index in [1.807, 2.05) is 17.6 Å². The zero-order valence-corrected chi connectivity index (χ0v) is 15.2. The minimum Gasteiger partial charge on any atom is -0.383 e. The summed E-state index contributed by atoms with van der Waals surface area (Å²) in [6, 6.07) is 2.68. The van der Waals surface area contributed by atoms with Crippen LogP contribution in [-0.4, -0.2) is 40.4 Å². The number of hydrogen-bond donors (Lipinski definition) is 2. The van der Waals surface area contributed by atoms with Crippen molar-refractivity contribution < 1.29 is 4.74 Å². The maximum Gasteiger partial charge on any atom is 0.241 e. The molecule has 0 radical (unpaired) electrons. The van der Waals surface area contributed by atoms with Gasteiger partial charge in [-0.05, 0) is 54.6 Å². The Hall–Kier alpha value is -1.18. The Balaban J connectivity index is 1.89. The molecule has 1 atom stereocenters. The Morgan fingerprint density at radius 3 is 2.87 bits per heavy atom. The van der Waals surface area contributed by atoms with E-state index >= 15 is 0 Å². The van der Waals surface area contributed by atoms with Crippen LogP contribution in [-0.2, 0) is 4.74 Å². The van der Waals surface area contributed by atoms with Crippen LogP contribution < -0.4 is 11.1 Å². The molecule has 1 saturated carbocycles. The first-order valence-electron chi connectivity index (χ1n) is 8.13. The van der Waals surface area contributed by atoms with Gasteiger partial charge in [-0.1, -0.05) is 0 Å². The summed E-state index contributed by atoms with van der Waals surface area (Å²) in [6.07, 6.45) is 6.25. The molecule has 2 aromatic heterocycles. The van der Waals surface area contributed by atoms with E-state index in [0.29, 0.717) is 24.5 Å². The highest BCUT2D eigenvalue weighted by molar-refractivity contribution is 9.10. The highest BCUT2D eigenvalue weighted by Crippen LogP contribution is 2.35. The quantitative estimate of drug-likeness (QED) is 0.832. The number of ether oxygens (including phenoxy) is 1. The summed E-state index contributed by atoms with van der Waals surface area (Å²) in [6.45, 7) is 2.66. The van der Waals surface area contributed by atoms with Crippen LogP contribution in [0.15, 0.2) is 16.7 Å². The van der Waals surface area contributed by atoms with Crippen molar-refractivity contribution in [2.45, 2.75) is 50.6 Å². The third-order valence-corrected chi connectivity index (χ3v) is 5.11. The lowest BCUT2D eigenvalue weighted by Crippen LogP contribution is -2.26. The van der Waals surface area contributed by atoms with Crippen molar-refractivity contribution in [2.75, 3.05) is 19.0 Å². The molecule has 0 amide bonds. The number of aromatic nitrogens is 3. The van der Waals surface area contributed by atoms with Crippen LogP contribution in [0.5, 0.6) is 0 Å². The molecule has 6 nitrogen and oxygen atoms in total. The minimum atomic E-state index is 0.160. The summed E-state index contributed by atoms with van der Waals surface area (Å²) in [5, 5.41) is 7.97. The SMILES string of the molecule is COC[C@H](C)Nc1ncc2c(Br)cc(C3CCC(N)CC3)n2n1. The molecular formula is C16H24BrN5O. The van der Waals surface area contributed by atoms with Crippen LogP contribution in [0.3, 0.4) is 0 Å². The molecule has 23 heavy (non-hydrogen) atoms. The molecule has 3 rings (SSSR count). The summed E-state index contributed by atoms with van der Waals surface area (Å²) in [5.74, 6) is 1.13. The molecule has 1 fully saturated rings. The summed E-state index contributed by atoms with van der Waals surface area (Å²) >= 11 is 3.63. The number of nitrogens with one attached hydrogen (secondary N) is 1. The van der Waals surface area contributed by atoms with Crippen LogP contribution >= 0.6 is 15.9 Å². The average molecular weight is 382 g/mol. The van der Waals surface area contributed by atoms with Crippen LogP contribution in [0.2, 0.25) is 0 Å². The predicted molar refractivity (Wildman–Crippen MR) is 94.8 cm³/mol. The fraction of sp³-hybridized carbons (Fsp3) is 0.625. The summed E-state index contributed by atoms with van der Waals surface area (Å²) in [7, 11) is 1.69. The van der Waals surface area contributed by atoms with E-state index in [-0.39, 0.29) is 6.04 Å². The van der Waals surface area contributed by atoms with Gasteiger partial charge in [-0.2, -0.15) is 0 Å². The zero-order valence-electron chi connectivity index (χ0n) is 13.6. The van der Waals surface area contributed by atoms with E-state index in [9.17, 15) is 0 Å². The largest absolute Gasteiger partial charge is 0.383 e. The monoisotopic (exact) mass is 381 g/mol. The van der Waals surface area contributed by atoms with Gasteiger partial charge in [-0.25, -0.2) is 9.50 Å². The van der Waals surface area contributed by atoms with Gasteiger partial charge in [0.05, 0.1) is 18.3 Å². The van der Waals surface area contributed by atoms with E-state index in [2.05, 4.69) is 32.3 Å². The molecule has 2 heterocycles. The first kappa shape index (κ1) is 16.7. The molecule has 7 heteroatoms. The van der Waals surface area contributed by atoms with Crippen LogP contribution in [0.4, 0.5) is 5.95 Å². The van der Waals surface area contributed by atoms with Gasteiger partial charge in [0, 0.05) is 35.3 Å². The molecule has 0 unspecified atom stereocenters. The fourth-order valence-corrected chi connectivity index (χ4v) is 3.76. The number of halogens is 1. The van der Waals surface area contributed by atoms with Crippen molar-refractivity contribution in [3.05, 3.63) is 22.4 Å². The summed E-state index contributed by atoms with van der Waals surface area (Å²) < 4.78 is 8.21. The molecule has 3 N–H and O–H groups in total. The van der Waals surface area contributed by atoms with E-state index in [1.165, 1.54) is 5.69 Å². The standard InChI is InChI=1S/C16H24BrN5O/c1-10(9-23-2)20-16-19-8-15-13(17)7-14(22(15)21-16)11-3-5-12(18)6-4-11/h7-8,10-12H,3-6,9,18H2,1-2H3,(H,20,21)/t10-,11?,12?/m0/s1. The highest BCUT2D eigenvalue weighted by atomic mass is 79.9. The lowest BCUT2D eigenvalue weighted by Gasteiger charge is -2.25. The van der Waals surface area contributed by atoms with Crippen LogP contribution in [0.1, 0.15) is 44.2 Å². The number of nitrogens with two attached hydrogens (primary N) is 1. The summed E-state index contributed by atoms with van der Waals surface area (Å²) in [5.41, 5.74) is 8.28. The molecule has 1 aliphatic rings. The second-order valence-electron chi connectivity index (χ2n) is 6.41. The minimum absolute atomic E-state index is 0.160. The van der Waals surface area contributed by atoms with Crippen molar-refractivity contribution in [1.82, 2.24) is 14.6 Å². The molecule has 0 saturated heterocycles. The first-order chi connectivity index (χ1) is 11.1. The lowest BCUT2D eigenvalue weighted by atomic mass is 9.84. The number of nitrogens with zero attached hydrogens (tertiary/aromatic N) is 3. The van der Waals surface area contributed by atoms with Crippen LogP contribution in [0, 0.1) is 0 Å². The lowest BCUT2D eigenvalue weighted by molar-refractivity contribution is 0.190. The average Bonchev–Trinajstić information content (AvgIpc) is 2.85. The smallest absolute Gasteiger partial charge is 0.241 e. The molecule has 0 bridgehead atoms. The third-order valence-electron chi connectivity index (χ3n) is 4.48. The van der Waals surface area contributed by atoms with E-state index in [0.717, 1.165) is 35.7 Å². The fourth-order valence-electron chi connectivity index (χ4n) is 3.26. The van der Waals surface area contributed by atoms with E-state index in [4.69, 9.17) is 15.6 Å². The predicted octanol–water partition coefficient (Wildman–Crippen LogP) is 2.92. The van der Waals surface area contributed by atoms with Gasteiger partial charge in [0.1, 0.15) is 0 Å². The number of hydrogen-bond acceptors (Lipinski definition) is 5. The molecule has 1 aliphatic carbocycles. The van der Waals surface area contributed by atoms with Gasteiger partial charge in [0.15, 0.2) is 0 Å². The Morgan fingerprint density at radius 2 is 2.17 bits per heavy atom. The number of rotatable bonds is 5. The zero-order chi connectivity index (χ0) is 16.4. The van der Waals surface area contributed by atoms with Crippen molar-refractivity contribution >= 4 is 27.4 Å². The van der Waals surface area contributed by atoms with Gasteiger partial charge in [-0.3, -0.25) is 0 Å². The van der Waals surface area contributed by atoms with Crippen molar-refractivity contribution in [2.24, 2.45) is 5.73 Å². The molecular weight excluding hydrogens is 358 g/mol. The van der Waals surface area contributed by atoms with Gasteiger partial charge < -0.3 is 15.8 Å². The highest BCUT2D eigenvalue weighted by Gasteiger charge is 2.24. The van der Waals surface area contributed by atoms with Gasteiger partial charge >= 0.3 is 0 Å². The number of anilines is 1. The second-order valence-corrected chi connectivity index (χ2v) is 7.26. The second kappa shape index (κ2) is 7.15. The topological polar surface area (TPSA) is 77.5 Å². The Labute approximate surface area is 144 Å². The number of methoxy groups -OCH3 is 1. The van der Waals surface area contributed by atoms with Crippen molar-refractivity contribution in [1.29, 1.82) is 0 Å². The van der Waals surface area contributed by atoms with Crippen molar-refractivity contribution in [3.8, 4) is 0 Å². The Morgan fingerprint density at radius 1 is 1.43 bits per heavy atom. The van der Waals surface area contributed by atoms with E-state index < -0.39 is 0 Å². The maximum atomic E-state index is 6.04. The Kier molecular flexibility index (Phi) is 5.18. The van der Waals surface area contributed by atoms with E-state index in [1.54, 1.807) is 7.11 Å². The molecule has 0 spiro atoms. The third kappa shape index (κ3) is 3.67. The van der Waals surface area contributed by atoms with Gasteiger partial charge in [0.2, 0.25) is 5.95 Å². The normalized spacial score (nSPS) is 23.1.